The first-order valence-electron chi connectivity index (χ1n) is 3.38. The minimum atomic E-state index is 0.894. The topological polar surface area (TPSA) is 17.1 Å². The lowest BCUT2D eigenvalue weighted by Gasteiger charge is -1.89. The molecule has 0 aliphatic heterocycles. The van der Waals surface area contributed by atoms with Crippen LogP contribution in [0.4, 0.5) is 0 Å². The quantitative estimate of drug-likeness (QED) is 0.727. The molecule has 1 heterocycles. The van der Waals surface area contributed by atoms with E-state index >= 15 is 0 Å². The molecule has 0 amide bonds. The van der Waals surface area contributed by atoms with Gasteiger partial charge in [-0.1, -0.05) is 0 Å². The Morgan fingerprint density at radius 2 is 2.09 bits per heavy atom. The van der Waals surface area contributed by atoms with E-state index in [-0.39, 0.29) is 0 Å². The summed E-state index contributed by atoms with van der Waals surface area (Å²) in [5.74, 6) is 0.894. The van der Waals surface area contributed by atoms with Crippen LogP contribution in [-0.4, -0.2) is 6.79 Å². The Morgan fingerprint density at radius 1 is 1.45 bits per heavy atom. The van der Waals surface area contributed by atoms with Gasteiger partial charge in [0.15, 0.2) is 0 Å². The van der Waals surface area contributed by atoms with Crippen molar-refractivity contribution >= 4 is 34.1 Å². The highest BCUT2D eigenvalue weighted by molar-refractivity contribution is 9.10. The number of hydrogen-bond acceptors (Lipinski definition) is 2. The largest absolute Gasteiger partial charge is 0.307 e. The van der Waals surface area contributed by atoms with Crippen molar-refractivity contribution in [1.29, 1.82) is 0 Å². The summed E-state index contributed by atoms with van der Waals surface area (Å²) < 4.78 is 1.31. The van der Waals surface area contributed by atoms with E-state index in [1.54, 1.807) is 11.3 Å². The summed E-state index contributed by atoms with van der Waals surface area (Å²) in [6.45, 7) is 2.00. The van der Waals surface area contributed by atoms with Crippen molar-refractivity contribution in [2.24, 2.45) is 0 Å². The van der Waals surface area contributed by atoms with Crippen LogP contribution in [0, 0.1) is 0 Å². The van der Waals surface area contributed by atoms with Gasteiger partial charge in [-0.3, -0.25) is 0 Å². The third kappa shape index (κ3) is 2.14. The predicted octanol–water partition coefficient (Wildman–Crippen LogP) is 3.20. The minimum Gasteiger partial charge on any atom is -0.307 e. The molecule has 0 saturated heterocycles. The fraction of sp³-hybridized carbons (Fsp3) is 0.375. The van der Waals surface area contributed by atoms with Gasteiger partial charge in [0.2, 0.25) is 0 Å². The second kappa shape index (κ2) is 4.02. The van der Waals surface area contributed by atoms with Crippen molar-refractivity contribution in [1.82, 2.24) is 0 Å². The van der Waals surface area contributed by atoms with Gasteiger partial charge in [0.25, 0.3) is 0 Å². The zero-order valence-corrected chi connectivity index (χ0v) is 8.45. The van der Waals surface area contributed by atoms with E-state index in [0.717, 1.165) is 5.92 Å². The molecule has 1 aliphatic carbocycles. The standard InChI is InChI=1S/C7H7BrS.CH2O/c8-7-4-9-3-6(7)5-1-2-5;1-2/h3-5H,1-2H2;1H2. The van der Waals surface area contributed by atoms with E-state index < -0.39 is 0 Å². The van der Waals surface area contributed by atoms with Crippen molar-refractivity contribution in [3.05, 3.63) is 20.8 Å². The molecule has 11 heavy (non-hydrogen) atoms. The Morgan fingerprint density at radius 3 is 2.45 bits per heavy atom. The van der Waals surface area contributed by atoms with Crippen molar-refractivity contribution in [2.75, 3.05) is 0 Å². The van der Waals surface area contributed by atoms with Gasteiger partial charge in [0.1, 0.15) is 6.79 Å². The number of halogens is 1. The van der Waals surface area contributed by atoms with E-state index in [9.17, 15) is 0 Å². The zero-order valence-electron chi connectivity index (χ0n) is 6.05. The summed E-state index contributed by atoms with van der Waals surface area (Å²) in [7, 11) is 0. The third-order valence-corrected chi connectivity index (χ3v) is 3.41. The first kappa shape index (κ1) is 8.94. The Balaban J connectivity index is 0.000000281. The highest BCUT2D eigenvalue weighted by Gasteiger charge is 2.25. The summed E-state index contributed by atoms with van der Waals surface area (Å²) >= 11 is 5.30. The van der Waals surface area contributed by atoms with E-state index in [4.69, 9.17) is 4.79 Å². The summed E-state index contributed by atoms with van der Waals surface area (Å²) in [4.78, 5) is 8.00. The van der Waals surface area contributed by atoms with E-state index in [2.05, 4.69) is 26.7 Å². The normalized spacial score (nSPS) is 15.4. The number of hydrogen-bond donors (Lipinski definition) is 0. The monoisotopic (exact) mass is 232 g/mol. The molecular formula is C8H9BrOS. The number of rotatable bonds is 1. The van der Waals surface area contributed by atoms with E-state index in [1.807, 2.05) is 6.79 Å². The minimum absolute atomic E-state index is 0.894. The van der Waals surface area contributed by atoms with Gasteiger partial charge in [-0.2, -0.15) is 11.3 Å². The van der Waals surface area contributed by atoms with Gasteiger partial charge in [-0.15, -0.1) is 0 Å². The highest BCUT2D eigenvalue weighted by atomic mass is 79.9. The first-order valence-corrected chi connectivity index (χ1v) is 5.12. The lowest BCUT2D eigenvalue weighted by atomic mass is 10.2. The zero-order chi connectivity index (χ0) is 8.27. The molecule has 1 nitrogen and oxygen atoms in total. The van der Waals surface area contributed by atoms with Gasteiger partial charge in [0.05, 0.1) is 0 Å². The average Bonchev–Trinajstić information content (AvgIpc) is 2.80. The van der Waals surface area contributed by atoms with Crippen molar-refractivity contribution in [2.45, 2.75) is 18.8 Å². The molecular weight excluding hydrogens is 224 g/mol. The molecule has 60 valence electrons. The summed E-state index contributed by atoms with van der Waals surface area (Å²) in [6, 6.07) is 0. The van der Waals surface area contributed by atoms with E-state index in [0.29, 0.717) is 0 Å². The second-order valence-corrected chi connectivity index (χ2v) is 4.05. The predicted molar refractivity (Wildman–Crippen MR) is 51.1 cm³/mol. The van der Waals surface area contributed by atoms with Crippen LogP contribution in [0.3, 0.4) is 0 Å². The van der Waals surface area contributed by atoms with Crippen molar-refractivity contribution in [3.8, 4) is 0 Å². The first-order chi connectivity index (χ1) is 5.38. The molecule has 1 aromatic rings. The number of thiophene rings is 1. The maximum absolute atomic E-state index is 8.00. The Hall–Kier alpha value is -0.150. The maximum Gasteiger partial charge on any atom is 0.106 e. The molecule has 0 atom stereocenters. The molecule has 0 unspecified atom stereocenters. The maximum atomic E-state index is 8.00. The lowest BCUT2D eigenvalue weighted by Crippen LogP contribution is -1.70. The van der Waals surface area contributed by atoms with Crippen LogP contribution in [0.15, 0.2) is 15.2 Å². The smallest absolute Gasteiger partial charge is 0.106 e. The molecule has 1 aliphatic rings. The molecule has 1 aromatic heterocycles. The molecule has 1 fully saturated rings. The fourth-order valence-electron chi connectivity index (χ4n) is 0.977. The Kier molecular flexibility index (Phi) is 3.27. The lowest BCUT2D eigenvalue weighted by molar-refractivity contribution is -0.0979. The SMILES string of the molecule is Brc1cscc1C1CC1.C=O. The Labute approximate surface area is 78.6 Å². The molecule has 0 N–H and O–H groups in total. The third-order valence-electron chi connectivity index (χ3n) is 1.66. The highest BCUT2D eigenvalue weighted by Crippen LogP contribution is 2.44. The van der Waals surface area contributed by atoms with Crippen LogP contribution in [0.25, 0.3) is 0 Å². The number of carbonyl (C=O) groups excluding carboxylic acids is 1. The van der Waals surface area contributed by atoms with Gasteiger partial charge >= 0.3 is 0 Å². The molecule has 3 heteroatoms. The summed E-state index contributed by atoms with van der Waals surface area (Å²) in [6.07, 6.45) is 2.80. The van der Waals surface area contributed by atoms with Crippen LogP contribution in [0.5, 0.6) is 0 Å². The van der Waals surface area contributed by atoms with Crippen LogP contribution >= 0.6 is 27.3 Å². The average molecular weight is 233 g/mol. The Bertz CT molecular complexity index is 230. The van der Waals surface area contributed by atoms with Gasteiger partial charge in [-0.05, 0) is 45.6 Å². The number of carbonyl (C=O) groups is 1. The van der Waals surface area contributed by atoms with Crippen molar-refractivity contribution in [3.63, 3.8) is 0 Å². The molecule has 1 saturated carbocycles. The van der Waals surface area contributed by atoms with Crippen LogP contribution < -0.4 is 0 Å². The molecule has 0 aromatic carbocycles. The van der Waals surface area contributed by atoms with E-state index in [1.165, 1.54) is 22.9 Å². The van der Waals surface area contributed by atoms with Crippen LogP contribution in [0.1, 0.15) is 24.3 Å². The molecule has 0 bridgehead atoms. The van der Waals surface area contributed by atoms with Crippen LogP contribution in [-0.2, 0) is 4.79 Å². The summed E-state index contributed by atoms with van der Waals surface area (Å²) in [5, 5.41) is 4.41. The van der Waals surface area contributed by atoms with Gasteiger partial charge in [0, 0.05) is 9.85 Å². The summed E-state index contributed by atoms with van der Waals surface area (Å²) in [5.41, 5.74) is 1.53. The van der Waals surface area contributed by atoms with Crippen LogP contribution in [0.2, 0.25) is 0 Å². The van der Waals surface area contributed by atoms with Crippen molar-refractivity contribution < 1.29 is 4.79 Å². The molecule has 2 rings (SSSR count). The molecule has 0 spiro atoms. The fourth-order valence-corrected chi connectivity index (χ4v) is 2.68. The second-order valence-electron chi connectivity index (χ2n) is 2.45. The van der Waals surface area contributed by atoms with Gasteiger partial charge < -0.3 is 4.79 Å². The molecule has 0 radical (unpaired) electrons. The van der Waals surface area contributed by atoms with Gasteiger partial charge in [-0.25, -0.2) is 0 Å².